The van der Waals surface area contributed by atoms with E-state index in [0.717, 1.165) is 23.4 Å². The first-order valence-electron chi connectivity index (χ1n) is 9.01. The summed E-state index contributed by atoms with van der Waals surface area (Å²) in [6.07, 6.45) is 4.46. The Morgan fingerprint density at radius 1 is 1.19 bits per heavy atom. The van der Waals surface area contributed by atoms with Crippen LogP contribution < -0.4 is 4.74 Å². The summed E-state index contributed by atoms with van der Waals surface area (Å²) in [5.41, 5.74) is 1.85. The second kappa shape index (κ2) is 9.04. The van der Waals surface area contributed by atoms with Crippen LogP contribution in [0.3, 0.4) is 0 Å². The Morgan fingerprint density at radius 2 is 1.96 bits per heavy atom. The molecule has 2 aromatic rings. The molecule has 1 aromatic carbocycles. The number of hydrogen-bond donors (Lipinski definition) is 0. The molecule has 7 heteroatoms. The Kier molecular flexibility index (Phi) is 6.73. The molecule has 0 bridgehead atoms. The lowest BCUT2D eigenvalue weighted by Gasteiger charge is -2.31. The van der Waals surface area contributed by atoms with Gasteiger partial charge in [0.2, 0.25) is 0 Å². The maximum absolute atomic E-state index is 11.5. The molecule has 1 aliphatic heterocycles. The molecule has 0 aliphatic carbocycles. The van der Waals surface area contributed by atoms with Crippen LogP contribution in [0.2, 0.25) is 5.02 Å². The molecule has 1 aliphatic rings. The summed E-state index contributed by atoms with van der Waals surface area (Å²) < 4.78 is 34.4. The Morgan fingerprint density at radius 3 is 2.63 bits per heavy atom. The zero-order valence-electron chi connectivity index (χ0n) is 15.3. The molecule has 0 saturated carbocycles. The zero-order valence-corrected chi connectivity index (χ0v) is 16.9. The molecule has 1 fully saturated rings. The summed E-state index contributed by atoms with van der Waals surface area (Å²) in [6.45, 7) is 1.82. The topological polar surface area (TPSA) is 65.5 Å². The van der Waals surface area contributed by atoms with Gasteiger partial charge in [-0.3, -0.25) is 4.98 Å². The summed E-state index contributed by atoms with van der Waals surface area (Å²) in [5.74, 6) is 1.51. The highest BCUT2D eigenvalue weighted by molar-refractivity contribution is 7.90. The van der Waals surface area contributed by atoms with Crippen molar-refractivity contribution in [3.63, 3.8) is 0 Å². The quantitative estimate of drug-likeness (QED) is 0.694. The summed E-state index contributed by atoms with van der Waals surface area (Å²) in [4.78, 5) is 4.31. The smallest absolute Gasteiger partial charge is 0.147 e. The van der Waals surface area contributed by atoms with Crippen LogP contribution in [0.25, 0.3) is 11.3 Å². The van der Waals surface area contributed by atoms with Crippen molar-refractivity contribution in [3.8, 4) is 17.0 Å². The first-order chi connectivity index (χ1) is 12.9. The fourth-order valence-electron chi connectivity index (χ4n) is 3.24. The van der Waals surface area contributed by atoms with Crippen molar-refractivity contribution in [1.29, 1.82) is 0 Å². The lowest BCUT2D eigenvalue weighted by molar-refractivity contribution is -0.00316. The van der Waals surface area contributed by atoms with E-state index in [2.05, 4.69) is 4.98 Å². The number of halogens is 1. The second-order valence-electron chi connectivity index (χ2n) is 7.00. The summed E-state index contributed by atoms with van der Waals surface area (Å²) in [7, 11) is -2.94. The highest BCUT2D eigenvalue weighted by Crippen LogP contribution is 2.27. The number of hydrogen-bond acceptors (Lipinski definition) is 5. The molecular formula is C20H24ClNO4S. The average Bonchev–Trinajstić information content (AvgIpc) is 2.66. The molecule has 3 rings (SSSR count). The van der Waals surface area contributed by atoms with Gasteiger partial charge in [-0.1, -0.05) is 11.6 Å². The molecule has 27 heavy (non-hydrogen) atoms. The molecule has 0 radical (unpaired) electrons. The number of benzene rings is 1. The Bertz CT molecular complexity index is 837. The van der Waals surface area contributed by atoms with Gasteiger partial charge in [0.1, 0.15) is 15.6 Å². The Hall–Kier alpha value is -1.63. The third kappa shape index (κ3) is 6.19. The van der Waals surface area contributed by atoms with Crippen molar-refractivity contribution in [2.75, 3.05) is 31.8 Å². The number of rotatable bonds is 7. The Balaban J connectivity index is 1.57. The van der Waals surface area contributed by atoms with Crippen LogP contribution in [0, 0.1) is 11.8 Å². The van der Waals surface area contributed by atoms with Crippen LogP contribution in [0.5, 0.6) is 5.75 Å². The van der Waals surface area contributed by atoms with Gasteiger partial charge in [-0.15, -0.1) is 0 Å². The maximum atomic E-state index is 11.5. The van der Waals surface area contributed by atoms with Gasteiger partial charge in [0, 0.05) is 30.5 Å². The van der Waals surface area contributed by atoms with E-state index in [-0.39, 0.29) is 11.7 Å². The molecule has 1 aromatic heterocycles. The van der Waals surface area contributed by atoms with E-state index in [1.807, 2.05) is 36.4 Å². The SMILES string of the molecule is CS(=O)(=O)CCC1CCOC[C@@H]1COc1ccc(-c2ccc(Cl)cn2)cc1. The van der Waals surface area contributed by atoms with Crippen LogP contribution in [-0.2, 0) is 14.6 Å². The van der Waals surface area contributed by atoms with Gasteiger partial charge in [-0.2, -0.15) is 0 Å². The summed E-state index contributed by atoms with van der Waals surface area (Å²) in [5, 5.41) is 0.610. The van der Waals surface area contributed by atoms with Gasteiger partial charge in [0.25, 0.3) is 0 Å². The van der Waals surface area contributed by atoms with E-state index in [4.69, 9.17) is 21.1 Å². The van der Waals surface area contributed by atoms with Gasteiger partial charge in [-0.25, -0.2) is 8.42 Å². The van der Waals surface area contributed by atoms with E-state index in [0.29, 0.717) is 37.2 Å². The predicted octanol–water partition coefficient (Wildman–Crippen LogP) is 3.87. The molecular weight excluding hydrogens is 386 g/mol. The van der Waals surface area contributed by atoms with Crippen molar-refractivity contribution in [3.05, 3.63) is 47.6 Å². The second-order valence-corrected chi connectivity index (χ2v) is 9.70. The number of sulfone groups is 1. The van der Waals surface area contributed by atoms with Gasteiger partial charge in [0.15, 0.2) is 0 Å². The molecule has 0 amide bonds. The lowest BCUT2D eigenvalue weighted by atomic mass is 9.87. The van der Waals surface area contributed by atoms with E-state index < -0.39 is 9.84 Å². The number of aromatic nitrogens is 1. The van der Waals surface area contributed by atoms with Crippen molar-refractivity contribution in [1.82, 2.24) is 4.98 Å². The van der Waals surface area contributed by atoms with Crippen LogP contribution in [-0.4, -0.2) is 45.2 Å². The minimum absolute atomic E-state index is 0.207. The van der Waals surface area contributed by atoms with Gasteiger partial charge in [0.05, 0.1) is 29.7 Å². The van der Waals surface area contributed by atoms with E-state index in [1.165, 1.54) is 6.26 Å². The van der Waals surface area contributed by atoms with E-state index in [9.17, 15) is 8.42 Å². The van der Waals surface area contributed by atoms with Gasteiger partial charge >= 0.3 is 0 Å². The van der Waals surface area contributed by atoms with Crippen molar-refractivity contribution >= 4 is 21.4 Å². The van der Waals surface area contributed by atoms with Gasteiger partial charge < -0.3 is 9.47 Å². The van der Waals surface area contributed by atoms with Crippen LogP contribution in [0.4, 0.5) is 0 Å². The van der Waals surface area contributed by atoms with Crippen molar-refractivity contribution < 1.29 is 17.9 Å². The number of nitrogens with zero attached hydrogens (tertiary/aromatic N) is 1. The van der Waals surface area contributed by atoms with E-state index >= 15 is 0 Å². The fraction of sp³-hybridized carbons (Fsp3) is 0.450. The third-order valence-corrected chi connectivity index (χ3v) is 6.03. The summed E-state index contributed by atoms with van der Waals surface area (Å²) in [6, 6.07) is 11.5. The van der Waals surface area contributed by atoms with Crippen molar-refractivity contribution in [2.45, 2.75) is 12.8 Å². The average molecular weight is 410 g/mol. The highest BCUT2D eigenvalue weighted by Gasteiger charge is 2.27. The van der Waals surface area contributed by atoms with Gasteiger partial charge in [-0.05, 0) is 55.2 Å². The van der Waals surface area contributed by atoms with Crippen molar-refractivity contribution in [2.24, 2.45) is 11.8 Å². The number of pyridine rings is 1. The van der Waals surface area contributed by atoms with E-state index in [1.54, 1.807) is 6.20 Å². The monoisotopic (exact) mass is 409 g/mol. The molecule has 2 atom stereocenters. The minimum atomic E-state index is -2.94. The highest BCUT2D eigenvalue weighted by atomic mass is 35.5. The van der Waals surface area contributed by atoms with Crippen LogP contribution >= 0.6 is 11.6 Å². The summed E-state index contributed by atoms with van der Waals surface area (Å²) >= 11 is 5.87. The lowest BCUT2D eigenvalue weighted by Crippen LogP contribution is -2.33. The molecule has 146 valence electrons. The molecule has 5 nitrogen and oxygen atoms in total. The normalized spacial score (nSPS) is 20.4. The van der Waals surface area contributed by atoms with Crippen LogP contribution in [0.15, 0.2) is 42.6 Å². The maximum Gasteiger partial charge on any atom is 0.147 e. The third-order valence-electron chi connectivity index (χ3n) is 4.83. The first kappa shape index (κ1) is 20.1. The van der Waals surface area contributed by atoms with Crippen LogP contribution in [0.1, 0.15) is 12.8 Å². The molecule has 0 spiro atoms. The molecule has 1 saturated heterocycles. The Labute approximate surface area is 165 Å². The first-order valence-corrected chi connectivity index (χ1v) is 11.4. The molecule has 0 N–H and O–H groups in total. The zero-order chi connectivity index (χ0) is 19.3. The predicted molar refractivity (Wildman–Crippen MR) is 107 cm³/mol. The number of ether oxygens (including phenoxy) is 2. The standard InChI is InChI=1S/C20H24ClNO4S/c1-27(23,24)11-9-15-8-10-25-13-17(15)14-26-19-5-2-16(3-6-19)20-7-4-18(21)12-22-20/h2-7,12,15,17H,8-11,13-14H2,1H3/t15?,17-/m1/s1. The largest absolute Gasteiger partial charge is 0.493 e. The molecule has 1 unspecified atom stereocenters. The minimum Gasteiger partial charge on any atom is -0.493 e. The molecule has 2 heterocycles. The fourth-order valence-corrected chi connectivity index (χ4v) is 4.09.